The van der Waals surface area contributed by atoms with Gasteiger partial charge in [0.25, 0.3) is 5.91 Å². The lowest BCUT2D eigenvalue weighted by Gasteiger charge is -2.05. The van der Waals surface area contributed by atoms with Crippen LogP contribution in [0.5, 0.6) is 0 Å². The van der Waals surface area contributed by atoms with Crippen molar-refractivity contribution in [2.75, 3.05) is 11.9 Å². The third-order valence-electron chi connectivity index (χ3n) is 2.74. The summed E-state index contributed by atoms with van der Waals surface area (Å²) in [4.78, 5) is 11.7. The van der Waals surface area contributed by atoms with Crippen LogP contribution in [0.3, 0.4) is 0 Å². The maximum atomic E-state index is 11.7. The van der Waals surface area contributed by atoms with Crippen LogP contribution in [0.15, 0.2) is 58.1 Å². The topological polar surface area (TPSA) is 53.5 Å². The van der Waals surface area contributed by atoms with Gasteiger partial charge >= 0.3 is 0 Å². The van der Waals surface area contributed by atoms with Gasteiger partial charge in [-0.3, -0.25) is 4.79 Å². The molecule has 0 heterocycles. The van der Waals surface area contributed by atoms with Gasteiger partial charge in [0.2, 0.25) is 0 Å². The minimum absolute atomic E-state index is 0.182. The Morgan fingerprint density at radius 3 is 2.71 bits per heavy atom. The molecule has 5 heteroatoms. The SMILES string of the molecule is Cc1cccc(NCC(=O)N/N=C/c2ccc(Br)cc2)c1. The Labute approximate surface area is 132 Å². The molecule has 108 valence electrons. The lowest BCUT2D eigenvalue weighted by atomic mass is 10.2. The molecule has 0 aliphatic heterocycles. The standard InChI is InChI=1S/C16H16BrN3O/c1-12-3-2-4-15(9-12)18-11-16(21)20-19-10-13-5-7-14(17)8-6-13/h2-10,18H,11H2,1H3,(H,20,21)/b19-10+. The molecule has 21 heavy (non-hydrogen) atoms. The minimum atomic E-state index is -0.190. The molecule has 0 bridgehead atoms. The second kappa shape index (κ2) is 7.59. The highest BCUT2D eigenvalue weighted by molar-refractivity contribution is 9.10. The predicted octanol–water partition coefficient (Wildman–Crippen LogP) is 3.32. The fourth-order valence-corrected chi connectivity index (χ4v) is 1.97. The smallest absolute Gasteiger partial charge is 0.259 e. The van der Waals surface area contributed by atoms with E-state index in [1.807, 2.05) is 55.5 Å². The molecular formula is C16H16BrN3O. The quantitative estimate of drug-likeness (QED) is 0.645. The first-order chi connectivity index (χ1) is 10.1. The molecule has 2 rings (SSSR count). The number of aryl methyl sites for hydroxylation is 1. The summed E-state index contributed by atoms with van der Waals surface area (Å²) in [6.07, 6.45) is 1.61. The average Bonchev–Trinajstić information content (AvgIpc) is 2.47. The zero-order chi connectivity index (χ0) is 15.1. The van der Waals surface area contributed by atoms with E-state index in [1.54, 1.807) is 6.21 Å². The zero-order valence-corrected chi connectivity index (χ0v) is 13.2. The number of benzene rings is 2. The first-order valence-electron chi connectivity index (χ1n) is 6.51. The van der Waals surface area contributed by atoms with E-state index < -0.39 is 0 Å². The summed E-state index contributed by atoms with van der Waals surface area (Å²) in [5, 5.41) is 6.97. The lowest BCUT2D eigenvalue weighted by Crippen LogP contribution is -2.25. The number of halogens is 1. The number of nitrogens with zero attached hydrogens (tertiary/aromatic N) is 1. The Bertz CT molecular complexity index is 638. The predicted molar refractivity (Wildman–Crippen MR) is 89.5 cm³/mol. The number of amides is 1. The van der Waals surface area contributed by atoms with Crippen LogP contribution in [0.2, 0.25) is 0 Å². The molecule has 2 N–H and O–H groups in total. The van der Waals surface area contributed by atoms with Crippen molar-refractivity contribution in [2.24, 2.45) is 5.10 Å². The van der Waals surface area contributed by atoms with Gasteiger partial charge in [0.15, 0.2) is 0 Å². The Morgan fingerprint density at radius 2 is 2.00 bits per heavy atom. The first-order valence-corrected chi connectivity index (χ1v) is 7.31. The summed E-state index contributed by atoms with van der Waals surface area (Å²) in [5.74, 6) is -0.190. The molecule has 0 unspecified atom stereocenters. The van der Waals surface area contributed by atoms with Crippen LogP contribution in [-0.4, -0.2) is 18.7 Å². The van der Waals surface area contributed by atoms with Crippen molar-refractivity contribution in [3.05, 3.63) is 64.1 Å². The van der Waals surface area contributed by atoms with Crippen LogP contribution in [0.4, 0.5) is 5.69 Å². The number of hydrazone groups is 1. The van der Waals surface area contributed by atoms with Gasteiger partial charge in [-0.1, -0.05) is 40.2 Å². The molecule has 0 saturated heterocycles. The van der Waals surface area contributed by atoms with Crippen LogP contribution in [0, 0.1) is 6.92 Å². The molecule has 2 aromatic carbocycles. The third kappa shape index (κ3) is 5.39. The molecule has 0 aromatic heterocycles. The Hall–Kier alpha value is -2.14. The van der Waals surface area contributed by atoms with Crippen LogP contribution in [-0.2, 0) is 4.79 Å². The number of hydrogen-bond donors (Lipinski definition) is 2. The van der Waals surface area contributed by atoms with Crippen LogP contribution >= 0.6 is 15.9 Å². The van der Waals surface area contributed by atoms with Gasteiger partial charge in [-0.25, -0.2) is 5.43 Å². The van der Waals surface area contributed by atoms with Crippen molar-refractivity contribution in [1.82, 2.24) is 5.43 Å². The molecule has 0 aliphatic carbocycles. The lowest BCUT2D eigenvalue weighted by molar-refractivity contribution is -0.119. The summed E-state index contributed by atoms with van der Waals surface area (Å²) in [5.41, 5.74) is 5.47. The van der Waals surface area contributed by atoms with Crippen LogP contribution < -0.4 is 10.7 Å². The summed E-state index contributed by atoms with van der Waals surface area (Å²) in [6, 6.07) is 15.5. The maximum absolute atomic E-state index is 11.7. The van der Waals surface area contributed by atoms with E-state index in [2.05, 4.69) is 31.8 Å². The highest BCUT2D eigenvalue weighted by atomic mass is 79.9. The second-order valence-electron chi connectivity index (χ2n) is 4.57. The summed E-state index contributed by atoms with van der Waals surface area (Å²) in [6.45, 7) is 2.19. The number of rotatable bonds is 5. The van der Waals surface area contributed by atoms with E-state index in [0.717, 1.165) is 21.3 Å². The Balaban J connectivity index is 1.78. The molecule has 1 amide bonds. The summed E-state index contributed by atoms with van der Waals surface area (Å²) >= 11 is 3.36. The molecule has 0 atom stereocenters. The van der Waals surface area contributed by atoms with Gasteiger partial charge in [-0.2, -0.15) is 5.10 Å². The molecule has 0 fully saturated rings. The summed E-state index contributed by atoms with van der Waals surface area (Å²) < 4.78 is 1.01. The molecular weight excluding hydrogens is 330 g/mol. The molecule has 2 aromatic rings. The van der Waals surface area contributed by atoms with Crippen molar-refractivity contribution in [3.8, 4) is 0 Å². The highest BCUT2D eigenvalue weighted by Gasteiger charge is 1.99. The fourth-order valence-electron chi connectivity index (χ4n) is 1.70. The van der Waals surface area contributed by atoms with E-state index in [9.17, 15) is 4.79 Å². The van der Waals surface area contributed by atoms with Gasteiger partial charge in [0, 0.05) is 10.2 Å². The largest absolute Gasteiger partial charge is 0.376 e. The molecule has 0 saturated carbocycles. The van der Waals surface area contributed by atoms with Crippen molar-refractivity contribution < 1.29 is 4.79 Å². The number of hydrogen-bond acceptors (Lipinski definition) is 3. The van der Waals surface area contributed by atoms with Gasteiger partial charge < -0.3 is 5.32 Å². The third-order valence-corrected chi connectivity index (χ3v) is 3.27. The zero-order valence-electron chi connectivity index (χ0n) is 11.6. The Morgan fingerprint density at radius 1 is 1.24 bits per heavy atom. The van der Waals surface area contributed by atoms with Crippen molar-refractivity contribution in [3.63, 3.8) is 0 Å². The van der Waals surface area contributed by atoms with Crippen molar-refractivity contribution in [2.45, 2.75) is 6.92 Å². The van der Waals surface area contributed by atoms with Gasteiger partial charge in [0.1, 0.15) is 0 Å². The number of carbonyl (C=O) groups is 1. The molecule has 4 nitrogen and oxygen atoms in total. The van der Waals surface area contributed by atoms with Gasteiger partial charge in [-0.05, 0) is 42.3 Å². The van der Waals surface area contributed by atoms with E-state index >= 15 is 0 Å². The second-order valence-corrected chi connectivity index (χ2v) is 5.48. The van der Waals surface area contributed by atoms with E-state index in [1.165, 1.54) is 0 Å². The Kier molecular flexibility index (Phi) is 5.51. The normalized spacial score (nSPS) is 10.6. The fraction of sp³-hybridized carbons (Fsp3) is 0.125. The molecule has 0 aliphatic rings. The number of nitrogens with one attached hydrogen (secondary N) is 2. The monoisotopic (exact) mass is 345 g/mol. The van der Waals surface area contributed by atoms with Gasteiger partial charge in [0.05, 0.1) is 12.8 Å². The van der Waals surface area contributed by atoms with Crippen LogP contribution in [0.25, 0.3) is 0 Å². The number of anilines is 1. The van der Waals surface area contributed by atoms with E-state index in [4.69, 9.17) is 0 Å². The summed E-state index contributed by atoms with van der Waals surface area (Å²) in [7, 11) is 0. The van der Waals surface area contributed by atoms with E-state index in [-0.39, 0.29) is 12.5 Å². The first kappa shape index (κ1) is 15.3. The average molecular weight is 346 g/mol. The molecule has 0 radical (unpaired) electrons. The van der Waals surface area contributed by atoms with Gasteiger partial charge in [-0.15, -0.1) is 0 Å². The van der Waals surface area contributed by atoms with Crippen molar-refractivity contribution >= 4 is 33.7 Å². The number of carbonyl (C=O) groups excluding carboxylic acids is 1. The van der Waals surface area contributed by atoms with Crippen LogP contribution in [0.1, 0.15) is 11.1 Å². The minimum Gasteiger partial charge on any atom is -0.376 e. The maximum Gasteiger partial charge on any atom is 0.259 e. The highest BCUT2D eigenvalue weighted by Crippen LogP contribution is 2.09. The molecule has 0 spiro atoms. The van der Waals surface area contributed by atoms with E-state index in [0.29, 0.717) is 0 Å². The van der Waals surface area contributed by atoms with Crippen molar-refractivity contribution in [1.29, 1.82) is 0 Å².